The summed E-state index contributed by atoms with van der Waals surface area (Å²) in [6, 6.07) is 0. The molecular weight excluding hydrogens is 853 g/mol. The van der Waals surface area contributed by atoms with Gasteiger partial charge in [-0.05, 0) is 135 Å². The fourth-order valence-electron chi connectivity index (χ4n) is 7.21. The predicted octanol–water partition coefficient (Wildman–Crippen LogP) is 18.9. The molecule has 0 saturated carbocycles. The molecule has 0 unspecified atom stereocenters. The van der Waals surface area contributed by atoms with Crippen LogP contribution in [0.4, 0.5) is 0 Å². The first kappa shape index (κ1) is 64.8. The molecule has 0 aromatic heterocycles. The molecule has 0 heterocycles. The monoisotopic (exact) mass is 955 g/mol. The molecule has 0 aliphatic carbocycles. The molecule has 0 aromatic carbocycles. The second kappa shape index (κ2) is 56.4. The lowest BCUT2D eigenvalue weighted by Gasteiger charge is -2.18. The average Bonchev–Trinajstić information content (AvgIpc) is 3.35. The van der Waals surface area contributed by atoms with Crippen LogP contribution < -0.4 is 0 Å². The largest absolute Gasteiger partial charge is 0.462 e. The van der Waals surface area contributed by atoms with Crippen LogP contribution in [0.25, 0.3) is 0 Å². The van der Waals surface area contributed by atoms with Crippen molar-refractivity contribution in [3.63, 3.8) is 0 Å². The number of ether oxygens (including phenoxy) is 3. The van der Waals surface area contributed by atoms with Gasteiger partial charge in [0.15, 0.2) is 6.10 Å². The third-order valence-corrected chi connectivity index (χ3v) is 11.4. The molecule has 1 atom stereocenters. The third kappa shape index (κ3) is 54.6. The van der Waals surface area contributed by atoms with Crippen LogP contribution in [0.15, 0.2) is 122 Å². The third-order valence-electron chi connectivity index (χ3n) is 11.4. The van der Waals surface area contributed by atoms with Crippen molar-refractivity contribution in [3.8, 4) is 0 Å². The van der Waals surface area contributed by atoms with Gasteiger partial charge in [-0.3, -0.25) is 14.4 Å². The normalized spacial score (nSPS) is 13.0. The van der Waals surface area contributed by atoms with E-state index in [1.165, 1.54) is 51.4 Å². The number of rotatable bonds is 49. The number of esters is 3. The maximum Gasteiger partial charge on any atom is 0.306 e. The van der Waals surface area contributed by atoms with Gasteiger partial charge in [0.2, 0.25) is 0 Å². The van der Waals surface area contributed by atoms with Crippen LogP contribution in [0.2, 0.25) is 0 Å². The van der Waals surface area contributed by atoms with E-state index in [9.17, 15) is 14.4 Å². The molecule has 6 heteroatoms. The zero-order valence-electron chi connectivity index (χ0n) is 44.5. The van der Waals surface area contributed by atoms with E-state index in [2.05, 4.69) is 142 Å². The van der Waals surface area contributed by atoms with E-state index in [0.717, 1.165) is 148 Å². The Hall–Kier alpha value is -4.19. The van der Waals surface area contributed by atoms with Crippen LogP contribution in [-0.4, -0.2) is 37.2 Å². The van der Waals surface area contributed by atoms with Gasteiger partial charge < -0.3 is 14.2 Å². The Kier molecular flexibility index (Phi) is 53.0. The lowest BCUT2D eigenvalue weighted by atomic mass is 10.1. The van der Waals surface area contributed by atoms with Crippen LogP contribution in [0.3, 0.4) is 0 Å². The smallest absolute Gasteiger partial charge is 0.306 e. The summed E-state index contributed by atoms with van der Waals surface area (Å²) in [7, 11) is 0. The van der Waals surface area contributed by atoms with E-state index in [0.29, 0.717) is 19.3 Å². The number of carbonyl (C=O) groups is 3. The molecule has 0 aliphatic rings. The van der Waals surface area contributed by atoms with Crippen molar-refractivity contribution in [2.75, 3.05) is 13.2 Å². The molecule has 0 aromatic rings. The summed E-state index contributed by atoms with van der Waals surface area (Å²) in [5, 5.41) is 0. The fraction of sp³-hybridized carbons (Fsp3) is 0.635. The molecule has 0 radical (unpaired) electrons. The highest BCUT2D eigenvalue weighted by molar-refractivity contribution is 5.71. The summed E-state index contributed by atoms with van der Waals surface area (Å²) in [4.78, 5) is 38.1. The van der Waals surface area contributed by atoms with Gasteiger partial charge in [-0.2, -0.15) is 0 Å². The molecule has 0 fully saturated rings. The van der Waals surface area contributed by atoms with Gasteiger partial charge >= 0.3 is 17.9 Å². The highest BCUT2D eigenvalue weighted by Crippen LogP contribution is 2.13. The number of allylic oxidation sites excluding steroid dienone is 20. The molecule has 390 valence electrons. The van der Waals surface area contributed by atoms with Gasteiger partial charge in [-0.15, -0.1) is 0 Å². The quantitative estimate of drug-likeness (QED) is 0.0262. The zero-order chi connectivity index (χ0) is 50.0. The van der Waals surface area contributed by atoms with Gasteiger partial charge in [-0.1, -0.05) is 206 Å². The second-order valence-electron chi connectivity index (χ2n) is 18.1. The van der Waals surface area contributed by atoms with Crippen molar-refractivity contribution in [2.24, 2.45) is 0 Å². The summed E-state index contributed by atoms with van der Waals surface area (Å²) >= 11 is 0. The molecule has 0 aliphatic heterocycles. The van der Waals surface area contributed by atoms with Gasteiger partial charge in [0, 0.05) is 19.3 Å². The minimum Gasteiger partial charge on any atom is -0.462 e. The van der Waals surface area contributed by atoms with Crippen LogP contribution in [0, 0.1) is 0 Å². The number of hydrogen-bond acceptors (Lipinski definition) is 6. The van der Waals surface area contributed by atoms with Crippen LogP contribution in [0.5, 0.6) is 0 Å². The van der Waals surface area contributed by atoms with Gasteiger partial charge in [-0.25, -0.2) is 0 Å². The van der Waals surface area contributed by atoms with Gasteiger partial charge in [0.1, 0.15) is 13.2 Å². The van der Waals surface area contributed by atoms with E-state index in [4.69, 9.17) is 14.2 Å². The Labute approximate surface area is 424 Å². The molecule has 0 N–H and O–H groups in total. The summed E-state index contributed by atoms with van der Waals surface area (Å²) < 4.78 is 16.8. The highest BCUT2D eigenvalue weighted by atomic mass is 16.6. The fourth-order valence-corrected chi connectivity index (χ4v) is 7.21. The van der Waals surface area contributed by atoms with Crippen LogP contribution in [0.1, 0.15) is 239 Å². The standard InChI is InChI=1S/C63H102O6/c1-4-7-10-13-16-19-22-25-28-30-31-33-36-38-41-44-47-50-53-56-62(65)68-59-60(69-63(66)57-54-51-48-45-42-39-34-27-24-21-18-15-12-9-6-3)58-67-61(64)55-52-49-46-43-40-37-35-32-29-26-23-20-17-14-11-8-5-2/h8,11,16-21,25-29,31,33-35,37-38,41,60H,4-7,9-10,12-15,22-24,30,32,36,39-40,42-59H2,1-3H3/b11-8-,19-16-,20-17-,21-18-,28-25-,29-26-,33-31-,34-27-,37-35-,41-38-/t60-/m1/s1. The van der Waals surface area contributed by atoms with E-state index in [1.807, 2.05) is 0 Å². The molecule has 0 rings (SSSR count). The summed E-state index contributed by atoms with van der Waals surface area (Å²) in [5.41, 5.74) is 0. The Morgan fingerprint density at radius 2 is 0.565 bits per heavy atom. The first-order valence-corrected chi connectivity index (χ1v) is 28.0. The first-order valence-electron chi connectivity index (χ1n) is 28.0. The second-order valence-corrected chi connectivity index (χ2v) is 18.1. The summed E-state index contributed by atoms with van der Waals surface area (Å²) in [5.74, 6) is -0.980. The summed E-state index contributed by atoms with van der Waals surface area (Å²) in [6.07, 6.45) is 77.5. The van der Waals surface area contributed by atoms with E-state index in [-0.39, 0.29) is 31.1 Å². The Bertz CT molecular complexity index is 1470. The van der Waals surface area contributed by atoms with Crippen molar-refractivity contribution in [2.45, 2.75) is 245 Å². The predicted molar refractivity (Wildman–Crippen MR) is 297 cm³/mol. The van der Waals surface area contributed by atoms with Gasteiger partial charge in [0.05, 0.1) is 0 Å². The first-order chi connectivity index (χ1) is 34.0. The number of hydrogen-bond donors (Lipinski definition) is 0. The lowest BCUT2D eigenvalue weighted by Crippen LogP contribution is -2.30. The summed E-state index contributed by atoms with van der Waals surface area (Å²) in [6.45, 7) is 6.40. The lowest BCUT2D eigenvalue weighted by molar-refractivity contribution is -0.167. The minimum absolute atomic E-state index is 0.110. The minimum atomic E-state index is -0.813. The molecule has 0 saturated heterocycles. The molecule has 6 nitrogen and oxygen atoms in total. The van der Waals surface area contributed by atoms with Crippen molar-refractivity contribution < 1.29 is 28.6 Å². The maximum absolute atomic E-state index is 12.8. The van der Waals surface area contributed by atoms with Crippen LogP contribution >= 0.6 is 0 Å². The Morgan fingerprint density at radius 1 is 0.304 bits per heavy atom. The Balaban J connectivity index is 4.53. The van der Waals surface area contributed by atoms with E-state index in [1.54, 1.807) is 0 Å². The van der Waals surface area contributed by atoms with Crippen molar-refractivity contribution in [1.29, 1.82) is 0 Å². The van der Waals surface area contributed by atoms with Crippen molar-refractivity contribution in [3.05, 3.63) is 122 Å². The zero-order valence-corrected chi connectivity index (χ0v) is 44.5. The van der Waals surface area contributed by atoms with Crippen LogP contribution in [-0.2, 0) is 28.6 Å². The topological polar surface area (TPSA) is 78.9 Å². The molecular formula is C63H102O6. The number of carbonyl (C=O) groups excluding carboxylic acids is 3. The molecule has 0 bridgehead atoms. The molecule has 69 heavy (non-hydrogen) atoms. The Morgan fingerprint density at radius 3 is 0.899 bits per heavy atom. The average molecular weight is 956 g/mol. The highest BCUT2D eigenvalue weighted by Gasteiger charge is 2.19. The molecule has 0 spiro atoms. The SMILES string of the molecule is CC/C=C\C/C=C\C/C=C\C/C=C\CCCCCCC(=O)OC[C@H](COC(=O)CCCCC/C=C\C/C=C\C/C=C\C/C=C\CCCCC)OC(=O)CCCCCCC/C=C\C/C=C\CCCCC. The molecule has 0 amide bonds. The number of unbranched alkanes of at least 4 members (excludes halogenated alkanes) is 18. The van der Waals surface area contributed by atoms with Crippen molar-refractivity contribution in [1.82, 2.24) is 0 Å². The van der Waals surface area contributed by atoms with Gasteiger partial charge in [0.25, 0.3) is 0 Å². The van der Waals surface area contributed by atoms with E-state index < -0.39 is 6.10 Å². The van der Waals surface area contributed by atoms with E-state index >= 15 is 0 Å². The maximum atomic E-state index is 12.8. The van der Waals surface area contributed by atoms with Crippen molar-refractivity contribution >= 4 is 17.9 Å².